The van der Waals surface area contributed by atoms with Crippen molar-refractivity contribution in [3.8, 4) is 5.75 Å². The zero-order valence-corrected chi connectivity index (χ0v) is 10.6. The van der Waals surface area contributed by atoms with Crippen LogP contribution < -0.4 is 21.1 Å². The molecule has 1 saturated heterocycles. The summed E-state index contributed by atoms with van der Waals surface area (Å²) in [6, 6.07) is 5.55. The number of nitrogens with two attached hydrogens (primary N) is 2. The Hall–Kier alpha value is -1.91. The lowest BCUT2D eigenvalue weighted by Crippen LogP contribution is -2.41. The Morgan fingerprint density at radius 1 is 1.50 bits per heavy atom. The van der Waals surface area contributed by atoms with Crippen LogP contribution in [0.2, 0.25) is 0 Å². The van der Waals surface area contributed by atoms with Crippen LogP contribution in [0, 0.1) is 5.92 Å². The van der Waals surface area contributed by atoms with Crippen molar-refractivity contribution in [3.63, 3.8) is 0 Å². The van der Waals surface area contributed by atoms with Gasteiger partial charge in [0.05, 0.1) is 24.4 Å². The number of carbonyl (C=O) groups is 1. The number of nitrogen functional groups attached to an aromatic ring is 1. The number of nitrogens with zero attached hydrogens (tertiary/aromatic N) is 1. The normalized spacial score (nSPS) is 19.6. The number of piperidine rings is 1. The van der Waals surface area contributed by atoms with E-state index in [0.29, 0.717) is 12.2 Å². The van der Waals surface area contributed by atoms with E-state index < -0.39 is 0 Å². The molecule has 1 aliphatic rings. The third kappa shape index (κ3) is 2.50. The van der Waals surface area contributed by atoms with Crippen LogP contribution in [0.3, 0.4) is 0 Å². The predicted octanol–water partition coefficient (Wildman–Crippen LogP) is 0.979. The molecule has 1 aromatic rings. The maximum absolute atomic E-state index is 11.3. The third-order valence-electron chi connectivity index (χ3n) is 3.40. The number of benzene rings is 1. The number of carbonyl (C=O) groups excluding carboxylic acids is 1. The van der Waals surface area contributed by atoms with E-state index in [2.05, 4.69) is 4.90 Å². The predicted molar refractivity (Wildman–Crippen MR) is 71.5 cm³/mol. The first-order valence-electron chi connectivity index (χ1n) is 6.09. The minimum atomic E-state index is -0.235. The molecule has 0 aliphatic carbocycles. The summed E-state index contributed by atoms with van der Waals surface area (Å²) in [7, 11) is 1.62. The summed E-state index contributed by atoms with van der Waals surface area (Å²) >= 11 is 0. The third-order valence-corrected chi connectivity index (χ3v) is 3.40. The van der Waals surface area contributed by atoms with Gasteiger partial charge in [-0.05, 0) is 25.0 Å². The molecule has 4 N–H and O–H groups in total. The summed E-state index contributed by atoms with van der Waals surface area (Å²) in [4.78, 5) is 13.4. The van der Waals surface area contributed by atoms with Crippen LogP contribution in [0.5, 0.6) is 5.75 Å². The highest BCUT2D eigenvalue weighted by molar-refractivity contribution is 5.78. The SMILES string of the molecule is COc1ccc(N)c(N2CCCC(C(N)=O)C2)c1. The fraction of sp³-hybridized carbons (Fsp3) is 0.462. The molecule has 1 fully saturated rings. The zero-order valence-electron chi connectivity index (χ0n) is 10.6. The second-order valence-electron chi connectivity index (χ2n) is 4.61. The summed E-state index contributed by atoms with van der Waals surface area (Å²) in [6.45, 7) is 1.52. The quantitative estimate of drug-likeness (QED) is 0.782. The molecule has 0 spiro atoms. The first kappa shape index (κ1) is 12.5. The molecule has 1 unspecified atom stereocenters. The van der Waals surface area contributed by atoms with Gasteiger partial charge in [-0.3, -0.25) is 4.79 Å². The molecule has 1 amide bonds. The Balaban J connectivity index is 2.22. The van der Waals surface area contributed by atoms with Gasteiger partial charge in [0.1, 0.15) is 5.75 Å². The zero-order chi connectivity index (χ0) is 13.1. The summed E-state index contributed by atoms with van der Waals surface area (Å²) in [6.07, 6.45) is 1.81. The lowest BCUT2D eigenvalue weighted by Gasteiger charge is -2.33. The molecular weight excluding hydrogens is 230 g/mol. The Labute approximate surface area is 107 Å². The molecule has 98 valence electrons. The van der Waals surface area contributed by atoms with E-state index in [-0.39, 0.29) is 11.8 Å². The second-order valence-corrected chi connectivity index (χ2v) is 4.61. The van der Waals surface area contributed by atoms with Crippen molar-refractivity contribution in [2.24, 2.45) is 11.7 Å². The van der Waals surface area contributed by atoms with Gasteiger partial charge in [0, 0.05) is 19.2 Å². The molecule has 2 rings (SSSR count). The summed E-state index contributed by atoms with van der Waals surface area (Å²) in [5.74, 6) is 0.436. The molecule has 1 aliphatic heterocycles. The number of hydrogen-bond acceptors (Lipinski definition) is 4. The lowest BCUT2D eigenvalue weighted by molar-refractivity contribution is -0.122. The molecule has 1 heterocycles. The van der Waals surface area contributed by atoms with E-state index in [9.17, 15) is 4.79 Å². The van der Waals surface area contributed by atoms with Crippen LogP contribution in [0.1, 0.15) is 12.8 Å². The maximum Gasteiger partial charge on any atom is 0.222 e. The second kappa shape index (κ2) is 5.16. The Kier molecular flexibility index (Phi) is 3.60. The highest BCUT2D eigenvalue weighted by Gasteiger charge is 2.25. The molecule has 5 heteroatoms. The fourth-order valence-electron chi connectivity index (χ4n) is 2.35. The van der Waals surface area contributed by atoms with Crippen LogP contribution >= 0.6 is 0 Å². The van der Waals surface area contributed by atoms with Gasteiger partial charge in [0.2, 0.25) is 5.91 Å². The van der Waals surface area contributed by atoms with Crippen molar-refractivity contribution in [1.29, 1.82) is 0 Å². The van der Waals surface area contributed by atoms with E-state index in [0.717, 1.165) is 30.8 Å². The van der Waals surface area contributed by atoms with Crippen LogP contribution in [-0.2, 0) is 4.79 Å². The molecule has 1 atom stereocenters. The van der Waals surface area contributed by atoms with Crippen LogP contribution in [-0.4, -0.2) is 26.1 Å². The van der Waals surface area contributed by atoms with Gasteiger partial charge < -0.3 is 21.1 Å². The fourth-order valence-corrected chi connectivity index (χ4v) is 2.35. The van der Waals surface area contributed by atoms with Gasteiger partial charge in [-0.15, -0.1) is 0 Å². The van der Waals surface area contributed by atoms with Gasteiger partial charge in [0.15, 0.2) is 0 Å². The first-order chi connectivity index (χ1) is 8.61. The van der Waals surface area contributed by atoms with E-state index >= 15 is 0 Å². The van der Waals surface area contributed by atoms with E-state index in [4.69, 9.17) is 16.2 Å². The minimum Gasteiger partial charge on any atom is -0.497 e. The van der Waals surface area contributed by atoms with Crippen molar-refractivity contribution in [3.05, 3.63) is 18.2 Å². The Morgan fingerprint density at radius 3 is 2.94 bits per heavy atom. The monoisotopic (exact) mass is 249 g/mol. The van der Waals surface area contributed by atoms with E-state index in [1.54, 1.807) is 7.11 Å². The maximum atomic E-state index is 11.3. The summed E-state index contributed by atoms with van der Waals surface area (Å²) in [5, 5.41) is 0. The minimum absolute atomic E-state index is 0.0932. The first-order valence-corrected chi connectivity index (χ1v) is 6.09. The van der Waals surface area contributed by atoms with Gasteiger partial charge in [-0.25, -0.2) is 0 Å². The number of amides is 1. The number of methoxy groups -OCH3 is 1. The average Bonchev–Trinajstić information content (AvgIpc) is 2.39. The van der Waals surface area contributed by atoms with Gasteiger partial charge >= 0.3 is 0 Å². The standard InChI is InChI=1S/C13H19N3O2/c1-18-10-4-5-11(14)12(7-10)16-6-2-3-9(8-16)13(15)17/h4-5,7,9H,2-3,6,8,14H2,1H3,(H2,15,17). The van der Waals surface area contributed by atoms with Gasteiger partial charge in [-0.2, -0.15) is 0 Å². The number of primary amides is 1. The van der Waals surface area contributed by atoms with Crippen molar-refractivity contribution < 1.29 is 9.53 Å². The van der Waals surface area contributed by atoms with Crippen molar-refractivity contribution in [2.75, 3.05) is 30.8 Å². The summed E-state index contributed by atoms with van der Waals surface area (Å²) < 4.78 is 5.20. The van der Waals surface area contributed by atoms with Crippen LogP contribution in [0.25, 0.3) is 0 Å². The molecule has 5 nitrogen and oxygen atoms in total. The number of anilines is 2. The van der Waals surface area contributed by atoms with E-state index in [1.807, 2.05) is 18.2 Å². The van der Waals surface area contributed by atoms with Crippen LogP contribution in [0.4, 0.5) is 11.4 Å². The average molecular weight is 249 g/mol. The molecule has 0 radical (unpaired) electrons. The highest BCUT2D eigenvalue weighted by Crippen LogP contribution is 2.31. The smallest absolute Gasteiger partial charge is 0.222 e. The molecular formula is C13H19N3O2. The highest BCUT2D eigenvalue weighted by atomic mass is 16.5. The van der Waals surface area contributed by atoms with Gasteiger partial charge in [-0.1, -0.05) is 0 Å². The Morgan fingerprint density at radius 2 is 2.28 bits per heavy atom. The molecule has 18 heavy (non-hydrogen) atoms. The lowest BCUT2D eigenvalue weighted by atomic mass is 9.97. The molecule has 0 saturated carbocycles. The molecule has 1 aromatic carbocycles. The van der Waals surface area contributed by atoms with Crippen molar-refractivity contribution in [2.45, 2.75) is 12.8 Å². The number of rotatable bonds is 3. The van der Waals surface area contributed by atoms with Crippen LogP contribution in [0.15, 0.2) is 18.2 Å². The summed E-state index contributed by atoms with van der Waals surface area (Å²) in [5.41, 5.74) is 13.0. The van der Waals surface area contributed by atoms with Gasteiger partial charge in [0.25, 0.3) is 0 Å². The van der Waals surface area contributed by atoms with E-state index in [1.165, 1.54) is 0 Å². The van der Waals surface area contributed by atoms with Crippen molar-refractivity contribution >= 4 is 17.3 Å². The van der Waals surface area contributed by atoms with Crippen molar-refractivity contribution in [1.82, 2.24) is 0 Å². The number of ether oxygens (including phenoxy) is 1. The largest absolute Gasteiger partial charge is 0.497 e. The topological polar surface area (TPSA) is 81.6 Å². The molecule has 0 aromatic heterocycles. The Bertz CT molecular complexity index is 448. The number of hydrogen-bond donors (Lipinski definition) is 2. The molecule has 0 bridgehead atoms.